The fraction of sp³-hybridized carbons (Fsp3) is 0.474. The van der Waals surface area contributed by atoms with Crippen molar-refractivity contribution in [3.8, 4) is 5.75 Å². The molecule has 0 bridgehead atoms. The van der Waals surface area contributed by atoms with Gasteiger partial charge in [0.2, 0.25) is 5.91 Å². The van der Waals surface area contributed by atoms with Gasteiger partial charge >= 0.3 is 0 Å². The summed E-state index contributed by atoms with van der Waals surface area (Å²) in [5.74, 6) is 0.691. The van der Waals surface area contributed by atoms with Crippen molar-refractivity contribution in [1.29, 1.82) is 0 Å². The molecule has 4 rings (SSSR count). The Morgan fingerprint density at radius 3 is 2.96 bits per heavy atom. The standard InChI is InChI=1S/C19H23N3O3/c23-19(16-4-1-5-18-17(16)11-20-22-18)21-13-6-8-14(9-7-13)25-12-15-3-2-10-24-15/h6-9,11,15-16H,1-5,10,12H2,(H,20,22)(H,21,23)/t15-,16+/m0/s1. The lowest BCUT2D eigenvalue weighted by atomic mass is 9.86. The summed E-state index contributed by atoms with van der Waals surface area (Å²) in [6.07, 6.45) is 6.99. The maximum atomic E-state index is 12.6. The van der Waals surface area contributed by atoms with E-state index in [1.165, 1.54) is 0 Å². The van der Waals surface area contributed by atoms with Gasteiger partial charge in [0.05, 0.1) is 18.2 Å². The Hall–Kier alpha value is -2.34. The summed E-state index contributed by atoms with van der Waals surface area (Å²) in [5.41, 5.74) is 2.90. The Kier molecular flexibility index (Phi) is 4.70. The van der Waals surface area contributed by atoms with E-state index in [1.807, 2.05) is 24.3 Å². The van der Waals surface area contributed by atoms with Crippen LogP contribution in [0.1, 0.15) is 42.9 Å². The predicted octanol–water partition coefficient (Wildman–Crippen LogP) is 3.03. The Balaban J connectivity index is 1.34. The van der Waals surface area contributed by atoms with Crippen molar-refractivity contribution in [2.45, 2.75) is 44.1 Å². The van der Waals surface area contributed by atoms with Crippen LogP contribution in [0, 0.1) is 0 Å². The predicted molar refractivity (Wildman–Crippen MR) is 93.8 cm³/mol. The molecule has 1 saturated heterocycles. The van der Waals surface area contributed by atoms with Gasteiger partial charge in [0.1, 0.15) is 12.4 Å². The molecule has 1 aliphatic heterocycles. The Morgan fingerprint density at radius 1 is 1.28 bits per heavy atom. The van der Waals surface area contributed by atoms with E-state index >= 15 is 0 Å². The molecule has 2 N–H and O–H groups in total. The second kappa shape index (κ2) is 7.27. The number of H-pyrrole nitrogens is 1. The number of ether oxygens (including phenoxy) is 2. The molecule has 0 unspecified atom stereocenters. The number of anilines is 1. The first-order valence-electron chi connectivity index (χ1n) is 8.97. The van der Waals surface area contributed by atoms with Crippen LogP contribution in [0.2, 0.25) is 0 Å². The fourth-order valence-corrected chi connectivity index (χ4v) is 3.56. The molecule has 1 aromatic carbocycles. The molecule has 1 amide bonds. The van der Waals surface area contributed by atoms with Gasteiger partial charge in [-0.2, -0.15) is 5.10 Å². The molecule has 25 heavy (non-hydrogen) atoms. The number of nitrogens with one attached hydrogen (secondary N) is 2. The highest BCUT2D eigenvalue weighted by Crippen LogP contribution is 2.31. The number of fused-ring (bicyclic) bond motifs is 1. The summed E-state index contributed by atoms with van der Waals surface area (Å²) in [5, 5.41) is 10.1. The number of hydrogen-bond donors (Lipinski definition) is 2. The van der Waals surface area contributed by atoms with Gasteiger partial charge in [-0.05, 0) is 56.4 Å². The molecule has 1 aliphatic carbocycles. The quantitative estimate of drug-likeness (QED) is 0.876. The molecule has 0 radical (unpaired) electrons. The zero-order chi connectivity index (χ0) is 17.1. The smallest absolute Gasteiger partial charge is 0.232 e. The molecule has 2 heterocycles. The summed E-state index contributed by atoms with van der Waals surface area (Å²) < 4.78 is 11.3. The zero-order valence-electron chi connectivity index (χ0n) is 14.2. The van der Waals surface area contributed by atoms with Crippen molar-refractivity contribution in [1.82, 2.24) is 10.2 Å². The average molecular weight is 341 g/mol. The largest absolute Gasteiger partial charge is 0.491 e. The highest BCUT2D eigenvalue weighted by molar-refractivity contribution is 5.96. The van der Waals surface area contributed by atoms with Crippen molar-refractivity contribution in [3.63, 3.8) is 0 Å². The topological polar surface area (TPSA) is 76.2 Å². The number of aryl methyl sites for hydroxylation is 1. The van der Waals surface area contributed by atoms with Gasteiger partial charge in [-0.1, -0.05) is 0 Å². The average Bonchev–Trinajstić information content (AvgIpc) is 3.32. The second-order valence-electron chi connectivity index (χ2n) is 6.71. The lowest BCUT2D eigenvalue weighted by Crippen LogP contribution is -2.24. The molecule has 6 nitrogen and oxygen atoms in total. The van der Waals surface area contributed by atoms with E-state index in [0.717, 1.165) is 61.4 Å². The second-order valence-corrected chi connectivity index (χ2v) is 6.71. The number of hydrogen-bond acceptors (Lipinski definition) is 4. The van der Waals surface area contributed by atoms with Crippen molar-refractivity contribution in [3.05, 3.63) is 41.7 Å². The zero-order valence-corrected chi connectivity index (χ0v) is 14.2. The lowest BCUT2D eigenvalue weighted by Gasteiger charge is -2.21. The van der Waals surface area contributed by atoms with Crippen molar-refractivity contribution in [2.75, 3.05) is 18.5 Å². The number of rotatable bonds is 5. The molecule has 2 aromatic rings. The maximum Gasteiger partial charge on any atom is 0.232 e. The molecule has 2 atom stereocenters. The monoisotopic (exact) mass is 341 g/mol. The summed E-state index contributed by atoms with van der Waals surface area (Å²) in [6, 6.07) is 7.52. The first kappa shape index (κ1) is 16.1. The van der Waals surface area contributed by atoms with E-state index in [1.54, 1.807) is 6.20 Å². The van der Waals surface area contributed by atoms with Crippen LogP contribution < -0.4 is 10.1 Å². The Morgan fingerprint density at radius 2 is 2.16 bits per heavy atom. The molecule has 6 heteroatoms. The van der Waals surface area contributed by atoms with Gasteiger partial charge in [0.15, 0.2) is 0 Å². The van der Waals surface area contributed by atoms with Crippen LogP contribution in [0.5, 0.6) is 5.75 Å². The van der Waals surface area contributed by atoms with Crippen molar-refractivity contribution < 1.29 is 14.3 Å². The minimum Gasteiger partial charge on any atom is -0.491 e. The molecule has 1 aromatic heterocycles. The van der Waals surface area contributed by atoms with Crippen LogP contribution in [0.3, 0.4) is 0 Å². The molecule has 2 aliphatic rings. The third-order valence-corrected chi connectivity index (χ3v) is 4.94. The van der Waals surface area contributed by atoms with Crippen LogP contribution in [0.4, 0.5) is 5.69 Å². The van der Waals surface area contributed by atoms with E-state index < -0.39 is 0 Å². The first-order chi connectivity index (χ1) is 12.3. The minimum atomic E-state index is -0.127. The number of amides is 1. The first-order valence-corrected chi connectivity index (χ1v) is 8.97. The van der Waals surface area contributed by atoms with Gasteiger partial charge < -0.3 is 14.8 Å². The highest BCUT2D eigenvalue weighted by atomic mass is 16.5. The Labute approximate surface area is 146 Å². The summed E-state index contributed by atoms with van der Waals surface area (Å²) in [7, 11) is 0. The lowest BCUT2D eigenvalue weighted by molar-refractivity contribution is -0.117. The van der Waals surface area contributed by atoms with Crippen molar-refractivity contribution in [2.24, 2.45) is 0 Å². The van der Waals surface area contributed by atoms with Crippen molar-refractivity contribution >= 4 is 11.6 Å². The van der Waals surface area contributed by atoms with Gasteiger partial charge in [-0.15, -0.1) is 0 Å². The number of nitrogens with zero attached hydrogens (tertiary/aromatic N) is 1. The van der Waals surface area contributed by atoms with Gasteiger partial charge in [-0.25, -0.2) is 0 Å². The summed E-state index contributed by atoms with van der Waals surface area (Å²) >= 11 is 0. The number of carbonyl (C=O) groups excluding carboxylic acids is 1. The van der Waals surface area contributed by atoms with E-state index in [0.29, 0.717) is 6.61 Å². The number of carbonyl (C=O) groups is 1. The van der Waals surface area contributed by atoms with E-state index in [-0.39, 0.29) is 17.9 Å². The number of aromatic amines is 1. The SMILES string of the molecule is O=C(Nc1ccc(OC[C@@H]2CCCO2)cc1)[C@@H]1CCCc2[nH]ncc21. The third-order valence-electron chi connectivity index (χ3n) is 4.94. The normalized spacial score (nSPS) is 22.4. The van der Waals surface area contributed by atoms with Crippen LogP contribution in [-0.2, 0) is 16.0 Å². The van der Waals surface area contributed by atoms with Gasteiger partial charge in [0, 0.05) is 23.6 Å². The molecular weight excluding hydrogens is 318 g/mol. The molecule has 0 saturated carbocycles. The highest BCUT2D eigenvalue weighted by Gasteiger charge is 2.28. The van der Waals surface area contributed by atoms with Gasteiger partial charge in [-0.3, -0.25) is 9.89 Å². The molecule has 1 fully saturated rings. The molecule has 0 spiro atoms. The van der Waals surface area contributed by atoms with Gasteiger partial charge in [0.25, 0.3) is 0 Å². The third kappa shape index (κ3) is 3.69. The van der Waals surface area contributed by atoms with E-state index in [4.69, 9.17) is 9.47 Å². The molecule has 132 valence electrons. The van der Waals surface area contributed by atoms with Crippen LogP contribution in [0.25, 0.3) is 0 Å². The number of benzene rings is 1. The van der Waals surface area contributed by atoms with Crippen LogP contribution in [-0.4, -0.2) is 35.4 Å². The maximum absolute atomic E-state index is 12.6. The van der Waals surface area contributed by atoms with Crippen LogP contribution >= 0.6 is 0 Å². The fourth-order valence-electron chi connectivity index (χ4n) is 3.56. The summed E-state index contributed by atoms with van der Waals surface area (Å²) in [6.45, 7) is 1.41. The minimum absolute atomic E-state index is 0.0235. The van der Waals surface area contributed by atoms with E-state index in [9.17, 15) is 4.79 Å². The Bertz CT molecular complexity index is 720. The van der Waals surface area contributed by atoms with Crippen LogP contribution in [0.15, 0.2) is 30.5 Å². The number of aromatic nitrogens is 2. The van der Waals surface area contributed by atoms with E-state index in [2.05, 4.69) is 15.5 Å². The summed E-state index contributed by atoms with van der Waals surface area (Å²) in [4.78, 5) is 12.6. The molecular formula is C19H23N3O3.